The van der Waals surface area contributed by atoms with Gasteiger partial charge >= 0.3 is 0 Å². The van der Waals surface area contributed by atoms with Gasteiger partial charge in [-0.2, -0.15) is 0 Å². The molecule has 2 aromatic carbocycles. The number of nitrogens with zero attached hydrogens (tertiary/aromatic N) is 2. The molecule has 0 unspecified atom stereocenters. The van der Waals surface area contributed by atoms with Gasteiger partial charge in [0.1, 0.15) is 5.75 Å². The largest absolute Gasteiger partial charge is 0.484 e. The molecule has 0 radical (unpaired) electrons. The van der Waals surface area contributed by atoms with Crippen LogP contribution in [0.1, 0.15) is 0 Å². The van der Waals surface area contributed by atoms with Crippen LogP contribution in [0.3, 0.4) is 0 Å². The van der Waals surface area contributed by atoms with Crippen molar-refractivity contribution in [2.45, 2.75) is 0 Å². The van der Waals surface area contributed by atoms with E-state index in [1.165, 1.54) is 5.69 Å². The van der Waals surface area contributed by atoms with Gasteiger partial charge in [-0.1, -0.05) is 29.8 Å². The molecule has 1 amide bonds. The molecule has 0 bridgehead atoms. The zero-order chi connectivity index (χ0) is 16.1. The number of para-hydroxylation sites is 1. The maximum absolute atomic E-state index is 12.2. The molecule has 1 fully saturated rings. The molecular weight excluding hydrogens is 312 g/mol. The van der Waals surface area contributed by atoms with Crippen molar-refractivity contribution in [1.29, 1.82) is 0 Å². The van der Waals surface area contributed by atoms with Gasteiger partial charge in [0.05, 0.1) is 0 Å². The maximum Gasteiger partial charge on any atom is 0.260 e. The molecule has 1 heterocycles. The van der Waals surface area contributed by atoms with Crippen LogP contribution in [0.25, 0.3) is 0 Å². The standard InChI is InChI=1S/C18H19ClN2O2/c19-15-6-8-17(9-7-15)23-14-18(22)21-12-10-20(11-13-21)16-4-2-1-3-5-16/h1-9H,10-14H2. The van der Waals surface area contributed by atoms with Crippen molar-refractivity contribution in [3.63, 3.8) is 0 Å². The SMILES string of the molecule is O=C(COc1ccc(Cl)cc1)N1CCN(c2ccccc2)CC1. The van der Waals surface area contributed by atoms with Crippen molar-refractivity contribution in [3.05, 3.63) is 59.6 Å². The van der Waals surface area contributed by atoms with E-state index in [9.17, 15) is 4.79 Å². The fraction of sp³-hybridized carbons (Fsp3) is 0.278. The lowest BCUT2D eigenvalue weighted by atomic mass is 10.2. The fourth-order valence-corrected chi connectivity index (χ4v) is 2.75. The number of piperazine rings is 1. The highest BCUT2D eigenvalue weighted by Crippen LogP contribution is 2.17. The quantitative estimate of drug-likeness (QED) is 0.863. The average Bonchev–Trinajstić information content (AvgIpc) is 2.62. The lowest BCUT2D eigenvalue weighted by Crippen LogP contribution is -2.50. The van der Waals surface area contributed by atoms with Crippen molar-refractivity contribution in [2.24, 2.45) is 0 Å². The summed E-state index contributed by atoms with van der Waals surface area (Å²) in [7, 11) is 0. The van der Waals surface area contributed by atoms with Crippen LogP contribution in [0.4, 0.5) is 5.69 Å². The Morgan fingerprint density at radius 3 is 2.26 bits per heavy atom. The van der Waals surface area contributed by atoms with Gasteiger partial charge < -0.3 is 14.5 Å². The number of amides is 1. The van der Waals surface area contributed by atoms with Crippen molar-refractivity contribution < 1.29 is 9.53 Å². The molecule has 0 saturated carbocycles. The lowest BCUT2D eigenvalue weighted by Gasteiger charge is -2.36. The summed E-state index contributed by atoms with van der Waals surface area (Å²) in [5, 5.41) is 0.653. The van der Waals surface area contributed by atoms with Gasteiger partial charge in [0.2, 0.25) is 0 Å². The van der Waals surface area contributed by atoms with Crippen LogP contribution in [-0.4, -0.2) is 43.6 Å². The lowest BCUT2D eigenvalue weighted by molar-refractivity contribution is -0.133. The van der Waals surface area contributed by atoms with Gasteiger partial charge in [-0.25, -0.2) is 0 Å². The van der Waals surface area contributed by atoms with E-state index in [1.807, 2.05) is 23.1 Å². The molecule has 1 saturated heterocycles. The van der Waals surface area contributed by atoms with Crippen LogP contribution >= 0.6 is 11.6 Å². The number of halogens is 1. The average molecular weight is 331 g/mol. The van der Waals surface area contributed by atoms with Crippen LogP contribution in [0.5, 0.6) is 5.75 Å². The molecular formula is C18H19ClN2O2. The predicted molar refractivity (Wildman–Crippen MR) is 92.2 cm³/mol. The molecule has 0 atom stereocenters. The molecule has 3 rings (SSSR count). The van der Waals surface area contributed by atoms with E-state index in [0.717, 1.165) is 26.2 Å². The summed E-state index contributed by atoms with van der Waals surface area (Å²) in [6.45, 7) is 3.19. The second kappa shape index (κ2) is 7.38. The summed E-state index contributed by atoms with van der Waals surface area (Å²) in [6.07, 6.45) is 0. The van der Waals surface area contributed by atoms with E-state index in [1.54, 1.807) is 24.3 Å². The molecule has 0 aromatic heterocycles. The maximum atomic E-state index is 12.2. The van der Waals surface area contributed by atoms with Crippen LogP contribution in [0, 0.1) is 0 Å². The third-order valence-corrected chi connectivity index (χ3v) is 4.18. The minimum Gasteiger partial charge on any atom is -0.484 e. The predicted octanol–water partition coefficient (Wildman–Crippen LogP) is 3.07. The van der Waals surface area contributed by atoms with Crippen molar-refractivity contribution in [3.8, 4) is 5.75 Å². The molecule has 23 heavy (non-hydrogen) atoms. The fourth-order valence-electron chi connectivity index (χ4n) is 2.62. The number of carbonyl (C=O) groups excluding carboxylic acids is 1. The first kappa shape index (κ1) is 15.7. The number of rotatable bonds is 4. The number of hydrogen-bond donors (Lipinski definition) is 0. The molecule has 2 aromatic rings. The monoisotopic (exact) mass is 330 g/mol. The van der Waals surface area contributed by atoms with Crippen LogP contribution in [-0.2, 0) is 4.79 Å². The zero-order valence-corrected chi connectivity index (χ0v) is 13.6. The third-order valence-electron chi connectivity index (χ3n) is 3.93. The van der Waals surface area contributed by atoms with Gasteiger partial charge in [0, 0.05) is 36.9 Å². The number of ether oxygens (including phenoxy) is 1. The molecule has 5 heteroatoms. The Balaban J connectivity index is 1.47. The van der Waals surface area contributed by atoms with Crippen LogP contribution < -0.4 is 9.64 Å². The second-order valence-electron chi connectivity index (χ2n) is 5.45. The molecule has 0 aliphatic carbocycles. The molecule has 1 aliphatic rings. The Labute approximate surface area is 141 Å². The smallest absolute Gasteiger partial charge is 0.260 e. The Morgan fingerprint density at radius 1 is 0.957 bits per heavy atom. The van der Waals surface area contributed by atoms with Crippen molar-refractivity contribution >= 4 is 23.2 Å². The Morgan fingerprint density at radius 2 is 1.61 bits per heavy atom. The highest BCUT2D eigenvalue weighted by molar-refractivity contribution is 6.30. The summed E-state index contributed by atoms with van der Waals surface area (Å²) < 4.78 is 5.52. The van der Waals surface area contributed by atoms with E-state index in [2.05, 4.69) is 17.0 Å². The first-order chi connectivity index (χ1) is 11.2. The van der Waals surface area contributed by atoms with E-state index >= 15 is 0 Å². The van der Waals surface area contributed by atoms with Crippen LogP contribution in [0.15, 0.2) is 54.6 Å². The van der Waals surface area contributed by atoms with E-state index in [4.69, 9.17) is 16.3 Å². The van der Waals surface area contributed by atoms with Crippen LogP contribution in [0.2, 0.25) is 5.02 Å². The summed E-state index contributed by atoms with van der Waals surface area (Å²) >= 11 is 5.82. The molecule has 0 N–H and O–H groups in total. The Kier molecular flexibility index (Phi) is 5.03. The van der Waals surface area contributed by atoms with Gasteiger partial charge in [-0.15, -0.1) is 0 Å². The minimum atomic E-state index is 0.0210. The van der Waals surface area contributed by atoms with Crippen molar-refractivity contribution in [1.82, 2.24) is 4.90 Å². The molecule has 0 spiro atoms. The topological polar surface area (TPSA) is 32.8 Å². The number of carbonyl (C=O) groups is 1. The number of hydrogen-bond acceptors (Lipinski definition) is 3. The first-order valence-electron chi connectivity index (χ1n) is 7.68. The zero-order valence-electron chi connectivity index (χ0n) is 12.8. The minimum absolute atomic E-state index is 0.0210. The van der Waals surface area contributed by atoms with E-state index < -0.39 is 0 Å². The molecule has 120 valence electrons. The summed E-state index contributed by atoms with van der Waals surface area (Å²) in [5.74, 6) is 0.679. The highest BCUT2D eigenvalue weighted by Gasteiger charge is 2.21. The van der Waals surface area contributed by atoms with Crippen molar-refractivity contribution in [2.75, 3.05) is 37.7 Å². The molecule has 1 aliphatic heterocycles. The second-order valence-corrected chi connectivity index (χ2v) is 5.88. The third kappa shape index (κ3) is 4.17. The Bertz CT molecular complexity index is 638. The molecule has 4 nitrogen and oxygen atoms in total. The summed E-state index contributed by atoms with van der Waals surface area (Å²) in [4.78, 5) is 16.4. The number of benzene rings is 2. The first-order valence-corrected chi connectivity index (χ1v) is 8.06. The van der Waals surface area contributed by atoms with Gasteiger partial charge in [0.15, 0.2) is 6.61 Å². The normalized spacial score (nSPS) is 14.7. The van der Waals surface area contributed by atoms with Gasteiger partial charge in [-0.05, 0) is 36.4 Å². The van der Waals surface area contributed by atoms with E-state index in [-0.39, 0.29) is 12.5 Å². The summed E-state index contributed by atoms with van der Waals surface area (Å²) in [6, 6.07) is 17.3. The summed E-state index contributed by atoms with van der Waals surface area (Å²) in [5.41, 5.74) is 1.21. The number of anilines is 1. The highest BCUT2D eigenvalue weighted by atomic mass is 35.5. The van der Waals surface area contributed by atoms with E-state index in [0.29, 0.717) is 10.8 Å². The van der Waals surface area contributed by atoms with Gasteiger partial charge in [0.25, 0.3) is 5.91 Å². The Hall–Kier alpha value is -2.20. The van der Waals surface area contributed by atoms with Gasteiger partial charge in [-0.3, -0.25) is 4.79 Å².